The highest BCUT2D eigenvalue weighted by molar-refractivity contribution is 5.48. The van der Waals surface area contributed by atoms with E-state index in [1.54, 1.807) is 14.1 Å². The molecule has 0 radical (unpaired) electrons. The van der Waals surface area contributed by atoms with E-state index in [9.17, 15) is 4.79 Å². The van der Waals surface area contributed by atoms with Gasteiger partial charge in [-0.1, -0.05) is 0 Å². The average molecular weight is 168 g/mol. The normalized spacial score (nSPS) is 10.3. The number of unbranched alkanes of at least 4 members (excludes halogenated alkanes) is 1. The highest BCUT2D eigenvalue weighted by atomic mass is 35.5. The molecule has 0 amide bonds. The summed E-state index contributed by atoms with van der Waals surface area (Å²) >= 11 is 0. The molecule has 1 N–H and O–H groups in total. The largest absolute Gasteiger partial charge is 1.00 e. The molecule has 4 heteroatoms. The van der Waals surface area contributed by atoms with Crippen LogP contribution < -0.4 is 12.4 Å². The van der Waals surface area contributed by atoms with E-state index >= 15 is 0 Å². The molecule has 10 heavy (non-hydrogen) atoms. The second-order valence-electron chi connectivity index (χ2n) is 2.65. The van der Waals surface area contributed by atoms with Gasteiger partial charge >= 0.3 is 0 Å². The average Bonchev–Trinajstić information content (AvgIpc) is 1.63. The Bertz CT molecular complexity index is 90.2. The molecule has 0 aliphatic heterocycles. The first-order chi connectivity index (χ1) is 4.06. The number of hydroxylamine groups is 3. The van der Waals surface area contributed by atoms with Crippen LogP contribution >= 0.6 is 0 Å². The zero-order valence-electron chi connectivity index (χ0n) is 6.38. The lowest BCUT2D eigenvalue weighted by Gasteiger charge is -2.18. The van der Waals surface area contributed by atoms with Gasteiger partial charge in [0.05, 0.1) is 14.1 Å². The fourth-order valence-corrected chi connectivity index (χ4v) is 0.562. The summed E-state index contributed by atoms with van der Waals surface area (Å²) in [5, 5.41) is 9.07. The van der Waals surface area contributed by atoms with E-state index in [2.05, 4.69) is 0 Å². The zero-order chi connectivity index (χ0) is 7.33. The minimum Gasteiger partial charge on any atom is -1.00 e. The van der Waals surface area contributed by atoms with Crippen molar-refractivity contribution in [2.45, 2.75) is 12.8 Å². The third-order valence-electron chi connectivity index (χ3n) is 1.03. The zero-order valence-corrected chi connectivity index (χ0v) is 7.14. The van der Waals surface area contributed by atoms with E-state index in [0.717, 1.165) is 12.7 Å². The number of halogens is 1. The Balaban J connectivity index is 0. The maximum atomic E-state index is 9.80. The van der Waals surface area contributed by atoms with E-state index in [1.165, 1.54) is 0 Å². The summed E-state index contributed by atoms with van der Waals surface area (Å²) in [6.45, 7) is 0.638. The molecule has 0 spiro atoms. The molecule has 0 fully saturated rings. The molecule has 0 atom stereocenters. The van der Waals surface area contributed by atoms with E-state index < -0.39 is 0 Å². The molecule has 3 nitrogen and oxygen atoms in total. The number of hydrogen-bond donors (Lipinski definition) is 1. The molecular formula is C6H14ClNO2. The lowest BCUT2D eigenvalue weighted by atomic mass is 10.3. The van der Waals surface area contributed by atoms with Crippen molar-refractivity contribution in [3.63, 3.8) is 0 Å². The number of carbonyl (C=O) groups is 1. The van der Waals surface area contributed by atoms with Crippen molar-refractivity contribution in [1.29, 1.82) is 0 Å². The van der Waals surface area contributed by atoms with Crippen LogP contribution in [0.2, 0.25) is 0 Å². The minimum atomic E-state index is -0.0478. The summed E-state index contributed by atoms with van der Waals surface area (Å²) in [5.41, 5.74) is 0. The molecule has 0 rings (SSSR count). The molecule has 0 saturated carbocycles. The van der Waals surface area contributed by atoms with Crippen LogP contribution in [0, 0.1) is 0 Å². The lowest BCUT2D eigenvalue weighted by molar-refractivity contribution is -1.07. The predicted molar refractivity (Wildman–Crippen MR) is 34.1 cm³/mol. The summed E-state index contributed by atoms with van der Waals surface area (Å²) in [7, 11) is 3.37. The maximum Gasteiger partial charge on any atom is 0.120 e. The Kier molecular flexibility index (Phi) is 7.09. The molecule has 0 aliphatic rings. The Morgan fingerprint density at radius 2 is 2.00 bits per heavy atom. The van der Waals surface area contributed by atoms with Crippen molar-refractivity contribution < 1.29 is 27.1 Å². The molecule has 0 bridgehead atoms. The van der Waals surface area contributed by atoms with E-state index in [1.807, 2.05) is 0 Å². The minimum absolute atomic E-state index is 0. The smallest absolute Gasteiger partial charge is 0.120 e. The molecule has 0 unspecified atom stereocenters. The molecule has 0 heterocycles. The maximum absolute atomic E-state index is 9.80. The van der Waals surface area contributed by atoms with Crippen LogP contribution in [0.3, 0.4) is 0 Å². The number of nitrogens with zero attached hydrogens (tertiary/aromatic N) is 1. The van der Waals surface area contributed by atoms with Crippen molar-refractivity contribution in [2.75, 3.05) is 20.6 Å². The van der Waals surface area contributed by atoms with Crippen LogP contribution in [0.25, 0.3) is 0 Å². The summed E-state index contributed by atoms with van der Waals surface area (Å²) in [4.78, 5) is 9.80. The number of quaternary nitrogens is 1. The van der Waals surface area contributed by atoms with Crippen molar-refractivity contribution in [2.24, 2.45) is 0 Å². The highest BCUT2D eigenvalue weighted by Gasteiger charge is 2.07. The van der Waals surface area contributed by atoms with Gasteiger partial charge in [-0.3, -0.25) is 0 Å². The number of rotatable bonds is 4. The van der Waals surface area contributed by atoms with Gasteiger partial charge in [-0.15, -0.1) is 0 Å². The third-order valence-corrected chi connectivity index (χ3v) is 1.03. The summed E-state index contributed by atoms with van der Waals surface area (Å²) in [5.74, 6) is 0. The molecule has 0 aromatic heterocycles. The van der Waals surface area contributed by atoms with Crippen LogP contribution in [-0.2, 0) is 4.79 Å². The van der Waals surface area contributed by atoms with Gasteiger partial charge in [0.2, 0.25) is 0 Å². The monoisotopic (exact) mass is 167 g/mol. The van der Waals surface area contributed by atoms with Crippen LogP contribution in [-0.4, -0.2) is 36.8 Å². The Morgan fingerprint density at radius 3 is 2.30 bits per heavy atom. The van der Waals surface area contributed by atoms with Gasteiger partial charge in [0, 0.05) is 12.8 Å². The first kappa shape index (κ1) is 12.5. The summed E-state index contributed by atoms with van der Waals surface area (Å²) in [6.07, 6.45) is 2.17. The standard InChI is InChI=1S/C6H14NO2.ClH/c1-7(2,9)5-3-4-6-8;/h6,9H,3-5H2,1-2H3;1H/q+1;/p-1. The van der Waals surface area contributed by atoms with Crippen LogP contribution in [0.5, 0.6) is 0 Å². The Morgan fingerprint density at radius 1 is 1.50 bits per heavy atom. The van der Waals surface area contributed by atoms with Gasteiger partial charge in [-0.25, -0.2) is 5.21 Å². The van der Waals surface area contributed by atoms with Crippen molar-refractivity contribution in [3.05, 3.63) is 0 Å². The quantitative estimate of drug-likeness (QED) is 0.217. The van der Waals surface area contributed by atoms with Crippen molar-refractivity contribution in [3.8, 4) is 0 Å². The number of carbonyl (C=O) groups excluding carboxylic acids is 1. The van der Waals surface area contributed by atoms with Gasteiger partial charge < -0.3 is 17.2 Å². The lowest BCUT2D eigenvalue weighted by Crippen LogP contribution is -3.00. The number of hydrogen-bond acceptors (Lipinski definition) is 2. The molecule has 0 aromatic rings. The highest BCUT2D eigenvalue weighted by Crippen LogP contribution is 1.93. The molecule has 0 saturated heterocycles. The Hall–Kier alpha value is -0.120. The third kappa shape index (κ3) is 10.8. The van der Waals surface area contributed by atoms with Crippen molar-refractivity contribution in [1.82, 2.24) is 0 Å². The SMILES string of the molecule is C[N+](C)(O)CCCC=O.[Cl-]. The molecular weight excluding hydrogens is 154 g/mol. The second kappa shape index (κ2) is 5.65. The van der Waals surface area contributed by atoms with E-state index in [-0.39, 0.29) is 17.1 Å². The first-order valence-corrected chi connectivity index (χ1v) is 3.05. The molecule has 0 aliphatic carbocycles. The van der Waals surface area contributed by atoms with Crippen LogP contribution in [0.1, 0.15) is 12.8 Å². The van der Waals surface area contributed by atoms with Crippen LogP contribution in [0.4, 0.5) is 0 Å². The van der Waals surface area contributed by atoms with Crippen molar-refractivity contribution >= 4 is 6.29 Å². The Labute approximate surface area is 67.6 Å². The van der Waals surface area contributed by atoms with Gasteiger partial charge in [0.25, 0.3) is 0 Å². The predicted octanol–water partition coefficient (Wildman–Crippen LogP) is -2.56. The summed E-state index contributed by atoms with van der Waals surface area (Å²) in [6, 6.07) is 0. The fourth-order valence-electron chi connectivity index (χ4n) is 0.562. The van der Waals surface area contributed by atoms with Gasteiger partial charge in [0.1, 0.15) is 12.8 Å². The molecule has 62 valence electrons. The van der Waals surface area contributed by atoms with Gasteiger partial charge in [0.15, 0.2) is 0 Å². The molecule has 0 aromatic carbocycles. The topological polar surface area (TPSA) is 37.3 Å². The van der Waals surface area contributed by atoms with E-state index in [4.69, 9.17) is 5.21 Å². The van der Waals surface area contributed by atoms with Crippen LogP contribution in [0.15, 0.2) is 0 Å². The second-order valence-corrected chi connectivity index (χ2v) is 2.65. The summed E-state index contributed by atoms with van der Waals surface area (Å²) < 4.78 is -0.0478. The fraction of sp³-hybridized carbons (Fsp3) is 0.833. The first-order valence-electron chi connectivity index (χ1n) is 3.05. The van der Waals surface area contributed by atoms with E-state index in [0.29, 0.717) is 13.0 Å². The van der Waals surface area contributed by atoms with Gasteiger partial charge in [-0.2, -0.15) is 4.65 Å². The number of aldehydes is 1. The van der Waals surface area contributed by atoms with Gasteiger partial charge in [-0.05, 0) is 0 Å².